The zero-order valence-corrected chi connectivity index (χ0v) is 16.2. The number of carbonyl (C=O) groups excluding carboxylic acids is 1. The minimum atomic E-state index is -2.75. The second kappa shape index (κ2) is 12.6. The highest BCUT2D eigenvalue weighted by atomic mass is 19.3. The van der Waals surface area contributed by atoms with Crippen LogP contribution in [0.3, 0.4) is 0 Å². The van der Waals surface area contributed by atoms with Crippen LogP contribution in [-0.2, 0) is 4.79 Å². The van der Waals surface area contributed by atoms with Crippen LogP contribution >= 0.6 is 0 Å². The average molecular weight is 350 g/mol. The molecule has 0 aliphatic carbocycles. The van der Waals surface area contributed by atoms with Crippen LogP contribution in [0.1, 0.15) is 60.3 Å². The topological polar surface area (TPSA) is 35.6 Å². The summed E-state index contributed by atoms with van der Waals surface area (Å²) in [5.41, 5.74) is 0. The van der Waals surface area contributed by atoms with Crippen molar-refractivity contribution in [3.63, 3.8) is 0 Å². The number of piperidine rings is 1. The Bertz CT molecular complexity index is 332. The quantitative estimate of drug-likeness (QED) is 0.788. The first-order chi connectivity index (χ1) is 11.5. The summed E-state index contributed by atoms with van der Waals surface area (Å²) in [5.74, 6) is 0.675. The van der Waals surface area contributed by atoms with E-state index in [1.807, 2.05) is 44.4 Å². The van der Waals surface area contributed by atoms with E-state index in [2.05, 4.69) is 5.32 Å². The van der Waals surface area contributed by atoms with Crippen LogP contribution in [0.2, 0.25) is 0 Å². The Hall–Kier alpha value is -0.750. The Morgan fingerprint density at radius 1 is 1.12 bits per heavy atom. The maximum absolute atomic E-state index is 13.3. The fraction of sp³-hybridized carbons (Fsp3) is 0.944. The number of rotatable bonds is 4. The van der Waals surface area contributed by atoms with Gasteiger partial charge in [0.05, 0.1) is 6.54 Å². The number of likely N-dealkylation sites (tertiary alicyclic amines) is 1. The van der Waals surface area contributed by atoms with Crippen molar-refractivity contribution < 1.29 is 13.6 Å². The monoisotopic (exact) mass is 349 g/mol. The Balaban J connectivity index is 0.00000123. The second-order valence-corrected chi connectivity index (χ2v) is 5.94. The van der Waals surface area contributed by atoms with E-state index < -0.39 is 6.05 Å². The summed E-state index contributed by atoms with van der Waals surface area (Å²) in [5, 5.41) is 2.23. The molecule has 2 aliphatic heterocycles. The molecule has 6 heteroatoms. The second-order valence-electron chi connectivity index (χ2n) is 5.94. The molecule has 0 aromatic carbocycles. The number of alkyl halides is 2. The third-order valence-corrected chi connectivity index (χ3v) is 4.18. The molecule has 0 radical (unpaired) electrons. The van der Waals surface area contributed by atoms with Gasteiger partial charge in [-0.15, -0.1) is 0 Å². The molecule has 2 heterocycles. The summed E-state index contributed by atoms with van der Waals surface area (Å²) in [4.78, 5) is 15.6. The minimum absolute atomic E-state index is 0.192. The van der Waals surface area contributed by atoms with E-state index in [9.17, 15) is 13.6 Å². The van der Waals surface area contributed by atoms with Crippen molar-refractivity contribution in [3.05, 3.63) is 0 Å². The van der Waals surface area contributed by atoms with E-state index in [0.29, 0.717) is 25.4 Å². The van der Waals surface area contributed by atoms with Crippen LogP contribution in [-0.4, -0.2) is 61.0 Å². The van der Waals surface area contributed by atoms with Crippen LogP contribution in [0.5, 0.6) is 0 Å². The Morgan fingerprint density at radius 3 is 2.21 bits per heavy atom. The largest absolute Gasteiger partial charge is 0.343 e. The van der Waals surface area contributed by atoms with E-state index in [-0.39, 0.29) is 12.5 Å². The third kappa shape index (κ3) is 8.38. The molecule has 2 fully saturated rings. The van der Waals surface area contributed by atoms with E-state index in [4.69, 9.17) is 0 Å². The van der Waals surface area contributed by atoms with Gasteiger partial charge in [-0.3, -0.25) is 15.0 Å². The first-order valence-corrected chi connectivity index (χ1v) is 9.63. The van der Waals surface area contributed by atoms with Gasteiger partial charge in [0.1, 0.15) is 0 Å². The van der Waals surface area contributed by atoms with Crippen molar-refractivity contribution in [2.75, 3.05) is 39.3 Å². The molecule has 1 amide bonds. The molecule has 4 nitrogen and oxygen atoms in total. The molecular weight excluding hydrogens is 312 g/mol. The predicted octanol–water partition coefficient (Wildman–Crippen LogP) is 3.58. The minimum Gasteiger partial charge on any atom is -0.343 e. The lowest BCUT2D eigenvalue weighted by Gasteiger charge is -2.38. The number of nitrogens with zero attached hydrogens (tertiary/aromatic N) is 2. The SMILES string of the molecule is CC.CC.CCCC(=O)N1CCC(CN2CCNC(F)(F)C2)CC1. The summed E-state index contributed by atoms with van der Waals surface area (Å²) in [6.45, 7) is 13.1. The number of halogens is 2. The molecule has 0 saturated carbocycles. The molecule has 2 aliphatic rings. The Labute approximate surface area is 147 Å². The van der Waals surface area contributed by atoms with Gasteiger partial charge in [0.2, 0.25) is 5.91 Å². The van der Waals surface area contributed by atoms with Crippen LogP contribution < -0.4 is 5.32 Å². The first-order valence-electron chi connectivity index (χ1n) is 9.63. The lowest BCUT2D eigenvalue weighted by molar-refractivity contribution is -0.132. The van der Waals surface area contributed by atoms with Crippen molar-refractivity contribution >= 4 is 5.91 Å². The van der Waals surface area contributed by atoms with Gasteiger partial charge in [-0.25, -0.2) is 0 Å². The van der Waals surface area contributed by atoms with Gasteiger partial charge in [0.15, 0.2) is 0 Å². The van der Waals surface area contributed by atoms with Gasteiger partial charge < -0.3 is 4.90 Å². The van der Waals surface area contributed by atoms with Crippen LogP contribution in [0.15, 0.2) is 0 Å². The fourth-order valence-electron chi connectivity index (χ4n) is 3.07. The summed E-state index contributed by atoms with van der Waals surface area (Å²) >= 11 is 0. The maximum Gasteiger partial charge on any atom is 0.315 e. The molecule has 1 N–H and O–H groups in total. The van der Waals surface area contributed by atoms with Gasteiger partial charge in [-0.2, -0.15) is 8.78 Å². The van der Waals surface area contributed by atoms with E-state index in [1.165, 1.54) is 0 Å². The number of amides is 1. The van der Waals surface area contributed by atoms with E-state index >= 15 is 0 Å². The normalized spacial score (nSPS) is 21.2. The smallest absolute Gasteiger partial charge is 0.315 e. The van der Waals surface area contributed by atoms with Crippen molar-refractivity contribution in [2.24, 2.45) is 5.92 Å². The standard InChI is InChI=1S/C14H25F2N3O.2C2H6/c1-2-3-13(20)19-7-4-12(5-8-19)10-18-9-6-17-14(15,16)11-18;2*1-2/h12,17H,2-11H2,1H3;2*1-2H3. The molecule has 2 saturated heterocycles. The number of hydrogen-bond donors (Lipinski definition) is 1. The summed E-state index contributed by atoms with van der Waals surface area (Å²) < 4.78 is 26.5. The molecule has 0 aromatic rings. The van der Waals surface area contributed by atoms with Gasteiger partial charge in [-0.1, -0.05) is 34.6 Å². The first kappa shape index (κ1) is 23.2. The Morgan fingerprint density at radius 2 is 1.71 bits per heavy atom. The van der Waals surface area contributed by atoms with Gasteiger partial charge in [0, 0.05) is 39.1 Å². The maximum atomic E-state index is 13.3. The fourth-order valence-corrected chi connectivity index (χ4v) is 3.07. The van der Waals surface area contributed by atoms with Crippen LogP contribution in [0, 0.1) is 5.92 Å². The van der Waals surface area contributed by atoms with E-state index in [0.717, 1.165) is 38.9 Å². The molecular formula is C18H37F2N3O. The van der Waals surface area contributed by atoms with Crippen molar-refractivity contribution in [1.82, 2.24) is 15.1 Å². The molecule has 0 bridgehead atoms. The Kier molecular flexibility index (Phi) is 12.2. The number of nitrogens with one attached hydrogen (secondary N) is 1. The van der Waals surface area contributed by atoms with Crippen molar-refractivity contribution in [3.8, 4) is 0 Å². The molecule has 0 atom stereocenters. The summed E-state index contributed by atoms with van der Waals surface area (Å²) in [6.07, 6.45) is 3.37. The highest BCUT2D eigenvalue weighted by molar-refractivity contribution is 5.76. The predicted molar refractivity (Wildman–Crippen MR) is 96.3 cm³/mol. The van der Waals surface area contributed by atoms with E-state index in [1.54, 1.807) is 0 Å². The summed E-state index contributed by atoms with van der Waals surface area (Å²) in [7, 11) is 0. The molecule has 2 rings (SSSR count). The van der Waals surface area contributed by atoms with Crippen LogP contribution in [0.25, 0.3) is 0 Å². The zero-order chi connectivity index (χ0) is 18.6. The van der Waals surface area contributed by atoms with Gasteiger partial charge in [-0.05, 0) is 25.2 Å². The molecule has 0 aromatic heterocycles. The highest BCUT2D eigenvalue weighted by Gasteiger charge is 2.35. The molecule has 144 valence electrons. The van der Waals surface area contributed by atoms with Gasteiger partial charge in [0.25, 0.3) is 0 Å². The number of hydrogen-bond acceptors (Lipinski definition) is 3. The molecule has 24 heavy (non-hydrogen) atoms. The number of carbonyl (C=O) groups is 1. The van der Waals surface area contributed by atoms with Crippen molar-refractivity contribution in [2.45, 2.75) is 66.3 Å². The average Bonchev–Trinajstić information content (AvgIpc) is 2.58. The number of piperazine rings is 1. The highest BCUT2D eigenvalue weighted by Crippen LogP contribution is 2.22. The van der Waals surface area contributed by atoms with Gasteiger partial charge >= 0.3 is 6.05 Å². The lowest BCUT2D eigenvalue weighted by Crippen LogP contribution is -2.56. The summed E-state index contributed by atoms with van der Waals surface area (Å²) in [6, 6.07) is -2.75. The zero-order valence-electron chi connectivity index (χ0n) is 16.2. The van der Waals surface area contributed by atoms with Crippen molar-refractivity contribution in [1.29, 1.82) is 0 Å². The lowest BCUT2D eigenvalue weighted by atomic mass is 9.95. The van der Waals surface area contributed by atoms with Crippen LogP contribution in [0.4, 0.5) is 8.78 Å². The molecule has 0 unspecified atom stereocenters. The third-order valence-electron chi connectivity index (χ3n) is 4.18. The molecule has 0 spiro atoms.